The number of hydrogen-bond acceptors (Lipinski definition) is 4. The van der Waals surface area contributed by atoms with E-state index in [9.17, 15) is 9.59 Å². The summed E-state index contributed by atoms with van der Waals surface area (Å²) in [5, 5.41) is 0. The first kappa shape index (κ1) is 13.6. The van der Waals surface area contributed by atoms with Gasteiger partial charge >= 0.3 is 0 Å². The van der Waals surface area contributed by atoms with E-state index in [1.807, 2.05) is 44.2 Å². The van der Waals surface area contributed by atoms with E-state index in [2.05, 4.69) is 9.98 Å². The van der Waals surface area contributed by atoms with Crippen LogP contribution in [0.2, 0.25) is 0 Å². The fourth-order valence-corrected chi connectivity index (χ4v) is 2.05. The Morgan fingerprint density at radius 3 is 2.30 bits per heavy atom. The molecule has 20 heavy (non-hydrogen) atoms. The zero-order chi connectivity index (χ0) is 14.5. The van der Waals surface area contributed by atoms with Crippen molar-refractivity contribution in [3.63, 3.8) is 0 Å². The third kappa shape index (κ3) is 2.62. The average Bonchev–Trinajstić information content (AvgIpc) is 2.44. The first-order valence-electron chi connectivity index (χ1n) is 6.03. The Balaban J connectivity index is 2.63. The molecule has 2 aromatic rings. The highest BCUT2D eigenvalue weighted by molar-refractivity contribution is 5.76. The molecule has 0 aliphatic carbocycles. The molecule has 0 spiro atoms. The molecule has 0 bridgehead atoms. The van der Waals surface area contributed by atoms with Crippen molar-refractivity contribution in [2.45, 2.75) is 13.8 Å². The first-order chi connectivity index (χ1) is 9.67. The van der Waals surface area contributed by atoms with Crippen LogP contribution in [0, 0.1) is 13.8 Å². The summed E-state index contributed by atoms with van der Waals surface area (Å²) < 4.78 is 0. The standard InChI is InChI=1S/C16H12N2O2/c1-11-6-7-13(8-16(11)18-10-20)14-4-3-5-15(12(14)2)17-9-19/h3-8H,1-2H3. The zero-order valence-corrected chi connectivity index (χ0v) is 11.2. The molecule has 4 heteroatoms. The van der Waals surface area contributed by atoms with Gasteiger partial charge in [-0.1, -0.05) is 24.3 Å². The van der Waals surface area contributed by atoms with Crippen LogP contribution in [-0.2, 0) is 9.59 Å². The second-order valence-corrected chi connectivity index (χ2v) is 4.36. The molecule has 2 aromatic carbocycles. The number of carbonyl (C=O) groups excluding carboxylic acids is 2. The monoisotopic (exact) mass is 264 g/mol. The molecule has 0 aliphatic rings. The predicted molar refractivity (Wildman–Crippen MR) is 76.9 cm³/mol. The van der Waals surface area contributed by atoms with Crippen LogP contribution in [0.15, 0.2) is 46.4 Å². The lowest BCUT2D eigenvalue weighted by atomic mass is 9.97. The number of aliphatic imine (C=N–C) groups is 2. The van der Waals surface area contributed by atoms with Crippen molar-refractivity contribution in [1.82, 2.24) is 0 Å². The summed E-state index contributed by atoms with van der Waals surface area (Å²) in [7, 11) is 0. The molecule has 0 radical (unpaired) electrons. The SMILES string of the molecule is Cc1ccc(-c2cccc(N=C=O)c2C)cc1N=C=O. The van der Waals surface area contributed by atoms with E-state index < -0.39 is 0 Å². The van der Waals surface area contributed by atoms with Gasteiger partial charge in [0.25, 0.3) is 0 Å². The third-order valence-corrected chi connectivity index (χ3v) is 3.16. The maximum atomic E-state index is 10.4. The highest BCUT2D eigenvalue weighted by Gasteiger charge is 2.07. The molecule has 0 saturated carbocycles. The Kier molecular flexibility index (Phi) is 4.02. The summed E-state index contributed by atoms with van der Waals surface area (Å²) in [6, 6.07) is 11.1. The van der Waals surface area contributed by atoms with Crippen LogP contribution in [0.5, 0.6) is 0 Å². The Bertz CT molecular complexity index is 753. The minimum Gasteiger partial charge on any atom is -0.211 e. The van der Waals surface area contributed by atoms with Gasteiger partial charge in [-0.2, -0.15) is 9.98 Å². The summed E-state index contributed by atoms with van der Waals surface area (Å²) in [6.45, 7) is 3.76. The summed E-state index contributed by atoms with van der Waals surface area (Å²) in [5.74, 6) is 0. The number of aryl methyl sites for hydroxylation is 1. The largest absolute Gasteiger partial charge is 0.240 e. The van der Waals surface area contributed by atoms with E-state index in [-0.39, 0.29) is 0 Å². The summed E-state index contributed by atoms with van der Waals surface area (Å²) in [4.78, 5) is 28.2. The van der Waals surface area contributed by atoms with E-state index >= 15 is 0 Å². The topological polar surface area (TPSA) is 58.9 Å². The van der Waals surface area contributed by atoms with Gasteiger partial charge in [0.15, 0.2) is 0 Å². The molecular formula is C16H12N2O2. The van der Waals surface area contributed by atoms with Crippen LogP contribution in [-0.4, -0.2) is 12.2 Å². The van der Waals surface area contributed by atoms with Crippen molar-refractivity contribution in [1.29, 1.82) is 0 Å². The van der Waals surface area contributed by atoms with Gasteiger partial charge in [0.1, 0.15) is 0 Å². The molecule has 0 unspecified atom stereocenters. The van der Waals surface area contributed by atoms with Crippen LogP contribution in [0.3, 0.4) is 0 Å². The fraction of sp³-hybridized carbons (Fsp3) is 0.125. The van der Waals surface area contributed by atoms with Crippen LogP contribution in [0.25, 0.3) is 11.1 Å². The molecule has 0 N–H and O–H groups in total. The van der Waals surface area contributed by atoms with Crippen molar-refractivity contribution < 1.29 is 9.59 Å². The molecule has 98 valence electrons. The second-order valence-electron chi connectivity index (χ2n) is 4.36. The number of isocyanates is 2. The maximum Gasteiger partial charge on any atom is 0.240 e. The number of benzene rings is 2. The van der Waals surface area contributed by atoms with Crippen molar-refractivity contribution in [2.75, 3.05) is 0 Å². The lowest BCUT2D eigenvalue weighted by Gasteiger charge is -2.09. The van der Waals surface area contributed by atoms with Crippen LogP contribution in [0.4, 0.5) is 11.4 Å². The molecule has 0 aromatic heterocycles. The molecule has 0 atom stereocenters. The molecule has 2 rings (SSSR count). The second kappa shape index (κ2) is 5.89. The van der Waals surface area contributed by atoms with Gasteiger partial charge in [-0.3, -0.25) is 0 Å². The number of nitrogens with zero attached hydrogens (tertiary/aromatic N) is 2. The smallest absolute Gasteiger partial charge is 0.211 e. The Hall–Kier alpha value is -2.80. The van der Waals surface area contributed by atoms with Crippen molar-refractivity contribution in [3.05, 3.63) is 47.5 Å². The average molecular weight is 264 g/mol. The van der Waals surface area contributed by atoms with E-state index in [4.69, 9.17) is 0 Å². The molecule has 0 heterocycles. The van der Waals surface area contributed by atoms with Crippen molar-refractivity contribution in [2.24, 2.45) is 9.98 Å². The highest BCUT2D eigenvalue weighted by atomic mass is 16.1. The fourth-order valence-electron chi connectivity index (χ4n) is 2.05. The Morgan fingerprint density at radius 2 is 1.60 bits per heavy atom. The van der Waals surface area contributed by atoms with Crippen LogP contribution < -0.4 is 0 Å². The molecule has 0 amide bonds. The normalized spacial score (nSPS) is 9.50. The summed E-state index contributed by atoms with van der Waals surface area (Å²) >= 11 is 0. The van der Waals surface area contributed by atoms with E-state index in [0.717, 1.165) is 22.3 Å². The van der Waals surface area contributed by atoms with Crippen LogP contribution >= 0.6 is 0 Å². The highest BCUT2D eigenvalue weighted by Crippen LogP contribution is 2.32. The first-order valence-corrected chi connectivity index (χ1v) is 6.03. The Morgan fingerprint density at radius 1 is 0.900 bits per heavy atom. The van der Waals surface area contributed by atoms with E-state index in [1.165, 1.54) is 0 Å². The minimum atomic E-state index is 0.582. The molecule has 4 nitrogen and oxygen atoms in total. The van der Waals surface area contributed by atoms with Crippen LogP contribution in [0.1, 0.15) is 11.1 Å². The van der Waals surface area contributed by atoms with Gasteiger partial charge in [-0.25, -0.2) is 9.59 Å². The van der Waals surface area contributed by atoms with Gasteiger partial charge in [0.2, 0.25) is 12.2 Å². The number of rotatable bonds is 3. The van der Waals surface area contributed by atoms with Gasteiger partial charge in [0.05, 0.1) is 11.4 Å². The van der Waals surface area contributed by atoms with Gasteiger partial charge in [0, 0.05) is 0 Å². The van der Waals surface area contributed by atoms with Crippen molar-refractivity contribution >= 4 is 23.5 Å². The zero-order valence-electron chi connectivity index (χ0n) is 11.2. The summed E-state index contributed by atoms with van der Waals surface area (Å²) in [5.41, 5.74) is 4.78. The lowest BCUT2D eigenvalue weighted by Crippen LogP contribution is -1.85. The lowest BCUT2D eigenvalue weighted by molar-refractivity contribution is 0.564. The molecule has 0 saturated heterocycles. The number of hydrogen-bond donors (Lipinski definition) is 0. The minimum absolute atomic E-state index is 0.582. The van der Waals surface area contributed by atoms with Gasteiger partial charge < -0.3 is 0 Å². The van der Waals surface area contributed by atoms with E-state index in [0.29, 0.717) is 11.4 Å². The quantitative estimate of drug-likeness (QED) is 0.623. The molecular weight excluding hydrogens is 252 g/mol. The van der Waals surface area contributed by atoms with E-state index in [1.54, 1.807) is 18.2 Å². The maximum absolute atomic E-state index is 10.4. The predicted octanol–water partition coefficient (Wildman–Crippen LogP) is 3.91. The Labute approximate surface area is 116 Å². The third-order valence-electron chi connectivity index (χ3n) is 3.16. The van der Waals surface area contributed by atoms with Gasteiger partial charge in [-0.15, -0.1) is 0 Å². The molecule has 0 aliphatic heterocycles. The molecule has 0 fully saturated rings. The summed E-state index contributed by atoms with van der Waals surface area (Å²) in [6.07, 6.45) is 3.10. The van der Waals surface area contributed by atoms with Gasteiger partial charge in [-0.05, 0) is 48.2 Å². The van der Waals surface area contributed by atoms with Crippen molar-refractivity contribution in [3.8, 4) is 11.1 Å².